The molecule has 3 aromatic carbocycles. The number of hydrogen-bond acceptors (Lipinski definition) is 2. The third-order valence-electron chi connectivity index (χ3n) is 5.09. The zero-order valence-electron chi connectivity index (χ0n) is 15.0. The molecule has 1 N–H and O–H groups in total. The monoisotopic (exact) mass is 386 g/mol. The fourth-order valence-electron chi connectivity index (χ4n) is 3.72. The number of aryl methyl sites for hydroxylation is 1. The Balaban J connectivity index is 2.14. The largest absolute Gasteiger partial charge is 0.353 e. The first kappa shape index (κ1) is 16.8. The van der Waals surface area contributed by atoms with E-state index in [1.807, 2.05) is 49.4 Å². The topological polar surface area (TPSA) is 54.9 Å². The van der Waals surface area contributed by atoms with E-state index in [1.54, 1.807) is 28.8 Å². The second kappa shape index (κ2) is 6.08. The highest BCUT2D eigenvalue weighted by Crippen LogP contribution is 2.21. The van der Waals surface area contributed by atoms with Crippen LogP contribution in [0.3, 0.4) is 0 Å². The first-order chi connectivity index (χ1) is 13.5. The molecule has 2 aliphatic rings. The Morgan fingerprint density at radius 3 is 2.36 bits per heavy atom. The summed E-state index contributed by atoms with van der Waals surface area (Å²) < 4.78 is 1.56. The van der Waals surface area contributed by atoms with Crippen LogP contribution in [0.4, 0.5) is 0 Å². The van der Waals surface area contributed by atoms with Crippen molar-refractivity contribution < 1.29 is 0 Å². The van der Waals surface area contributed by atoms with E-state index >= 15 is 0 Å². The quantitative estimate of drug-likeness (QED) is 0.460. The van der Waals surface area contributed by atoms with Gasteiger partial charge in [0.15, 0.2) is 0 Å². The number of H-pyrrole nitrogens is 1. The molecule has 1 aliphatic carbocycles. The SMILES string of the molecule is Cc1ccc(-n2c(=O)c3c(=O)c4ccccc4c=3[nH]c3ccc(Cl)cc32)cc1. The van der Waals surface area contributed by atoms with E-state index in [2.05, 4.69) is 4.98 Å². The van der Waals surface area contributed by atoms with Crippen LogP contribution in [0.2, 0.25) is 5.02 Å². The van der Waals surface area contributed by atoms with Crippen LogP contribution in [0.25, 0.3) is 27.5 Å². The lowest BCUT2D eigenvalue weighted by molar-refractivity contribution is 1.03. The van der Waals surface area contributed by atoms with Gasteiger partial charge in [-0.25, -0.2) is 0 Å². The number of benzene rings is 3. The molecule has 5 rings (SSSR count). The molecule has 3 aromatic rings. The Labute approximate surface area is 164 Å². The van der Waals surface area contributed by atoms with E-state index in [-0.39, 0.29) is 16.2 Å². The highest BCUT2D eigenvalue weighted by atomic mass is 35.5. The highest BCUT2D eigenvalue weighted by Gasteiger charge is 2.14. The van der Waals surface area contributed by atoms with Crippen LogP contribution in [-0.2, 0) is 0 Å². The van der Waals surface area contributed by atoms with Crippen molar-refractivity contribution in [3.8, 4) is 5.69 Å². The summed E-state index contributed by atoms with van der Waals surface area (Å²) in [6.45, 7) is 1.98. The van der Waals surface area contributed by atoms with Gasteiger partial charge in [0.25, 0.3) is 5.56 Å². The Hall–Kier alpha value is -3.37. The number of halogens is 1. The number of aromatic amines is 1. The number of aromatic nitrogens is 2. The summed E-state index contributed by atoms with van der Waals surface area (Å²) in [7, 11) is 0. The van der Waals surface area contributed by atoms with E-state index in [4.69, 9.17) is 11.6 Å². The van der Waals surface area contributed by atoms with Crippen LogP contribution in [0.5, 0.6) is 0 Å². The third-order valence-corrected chi connectivity index (χ3v) is 5.32. The summed E-state index contributed by atoms with van der Waals surface area (Å²) in [6, 6.07) is 20.2. The number of rotatable bonds is 1. The van der Waals surface area contributed by atoms with E-state index in [0.717, 1.165) is 10.9 Å². The Morgan fingerprint density at radius 1 is 0.893 bits per heavy atom. The van der Waals surface area contributed by atoms with Crippen molar-refractivity contribution in [3.05, 3.63) is 108 Å². The van der Waals surface area contributed by atoms with Gasteiger partial charge in [-0.1, -0.05) is 53.6 Å². The zero-order chi connectivity index (χ0) is 19.4. The molecular weight excluding hydrogens is 372 g/mol. The molecule has 0 aromatic heterocycles. The molecule has 0 amide bonds. The number of fused-ring (bicyclic) bond motifs is 3. The van der Waals surface area contributed by atoms with E-state index in [9.17, 15) is 9.59 Å². The molecule has 0 saturated carbocycles. The molecule has 0 saturated heterocycles. The van der Waals surface area contributed by atoms with Crippen LogP contribution in [-0.4, -0.2) is 9.55 Å². The average Bonchev–Trinajstić information content (AvgIpc) is 2.90. The molecule has 0 radical (unpaired) electrons. The van der Waals surface area contributed by atoms with Crippen molar-refractivity contribution >= 4 is 33.4 Å². The van der Waals surface area contributed by atoms with Gasteiger partial charge in [-0.05, 0) is 37.3 Å². The predicted octanol–water partition coefficient (Wildman–Crippen LogP) is 4.52. The molecular formula is C23H15ClN2O2. The van der Waals surface area contributed by atoms with Crippen LogP contribution >= 0.6 is 11.6 Å². The van der Waals surface area contributed by atoms with Crippen LogP contribution in [0, 0.1) is 17.5 Å². The fourth-order valence-corrected chi connectivity index (χ4v) is 3.88. The fraction of sp³-hybridized carbons (Fsp3) is 0.0435. The molecule has 5 heteroatoms. The number of hydrogen-bond donors (Lipinski definition) is 1. The maximum atomic E-state index is 13.6. The van der Waals surface area contributed by atoms with Gasteiger partial charge in [-0.15, -0.1) is 0 Å². The maximum Gasteiger partial charge on any atom is 0.269 e. The van der Waals surface area contributed by atoms with Crippen molar-refractivity contribution in [2.45, 2.75) is 6.92 Å². The van der Waals surface area contributed by atoms with E-state index in [0.29, 0.717) is 32.5 Å². The summed E-state index contributed by atoms with van der Waals surface area (Å²) in [5, 5.41) is 2.48. The minimum atomic E-state index is -0.367. The first-order valence-corrected chi connectivity index (χ1v) is 9.28. The maximum absolute atomic E-state index is 13.6. The Bertz CT molecular complexity index is 1560. The highest BCUT2D eigenvalue weighted by molar-refractivity contribution is 6.31. The van der Waals surface area contributed by atoms with E-state index in [1.165, 1.54) is 0 Å². The predicted molar refractivity (Wildman–Crippen MR) is 113 cm³/mol. The zero-order valence-corrected chi connectivity index (χ0v) is 15.7. The molecule has 0 bridgehead atoms. The molecule has 136 valence electrons. The van der Waals surface area contributed by atoms with Crippen molar-refractivity contribution in [1.29, 1.82) is 0 Å². The normalized spacial score (nSPS) is 11.5. The Kier molecular flexibility index (Phi) is 3.64. The van der Waals surface area contributed by atoms with Gasteiger partial charge < -0.3 is 4.98 Å². The third kappa shape index (κ3) is 2.38. The molecule has 4 nitrogen and oxygen atoms in total. The summed E-state index contributed by atoms with van der Waals surface area (Å²) in [4.78, 5) is 30.0. The van der Waals surface area contributed by atoms with Gasteiger partial charge in [0, 0.05) is 21.5 Å². The lowest BCUT2D eigenvalue weighted by atomic mass is 10.2. The Morgan fingerprint density at radius 2 is 1.61 bits per heavy atom. The smallest absolute Gasteiger partial charge is 0.269 e. The second-order valence-electron chi connectivity index (χ2n) is 6.89. The number of nitrogens with zero attached hydrogens (tertiary/aromatic N) is 1. The molecule has 1 heterocycles. The van der Waals surface area contributed by atoms with Crippen molar-refractivity contribution in [2.75, 3.05) is 0 Å². The molecule has 0 atom stereocenters. The summed E-state index contributed by atoms with van der Waals surface area (Å²) in [6.07, 6.45) is 0. The summed E-state index contributed by atoms with van der Waals surface area (Å²) in [5.74, 6) is 0. The molecule has 0 unspecified atom stereocenters. The summed E-state index contributed by atoms with van der Waals surface area (Å²) >= 11 is 6.24. The van der Waals surface area contributed by atoms with Gasteiger partial charge in [0.2, 0.25) is 5.43 Å². The van der Waals surface area contributed by atoms with Crippen LogP contribution in [0.15, 0.2) is 76.3 Å². The van der Waals surface area contributed by atoms with Crippen LogP contribution < -0.4 is 11.0 Å². The standard InChI is InChI=1S/C23H15ClN2O2/c1-13-6-9-15(10-7-13)26-19-12-14(24)8-11-18(19)25-21-16-4-2-3-5-17(16)22(27)20(21)23(26)28/h2-12,25H,1H3. The summed E-state index contributed by atoms with van der Waals surface area (Å²) in [5.41, 5.74) is 2.46. The van der Waals surface area contributed by atoms with Crippen molar-refractivity contribution in [2.24, 2.45) is 0 Å². The molecule has 0 spiro atoms. The first-order valence-electron chi connectivity index (χ1n) is 8.90. The minimum absolute atomic E-state index is 0.147. The van der Waals surface area contributed by atoms with E-state index < -0.39 is 0 Å². The van der Waals surface area contributed by atoms with Gasteiger partial charge in [0.1, 0.15) is 5.22 Å². The lowest BCUT2D eigenvalue weighted by Crippen LogP contribution is -2.21. The van der Waals surface area contributed by atoms with Gasteiger partial charge in [-0.3, -0.25) is 14.2 Å². The lowest BCUT2D eigenvalue weighted by Gasteiger charge is -2.08. The van der Waals surface area contributed by atoms with Crippen molar-refractivity contribution in [3.63, 3.8) is 0 Å². The van der Waals surface area contributed by atoms with Gasteiger partial charge in [-0.2, -0.15) is 0 Å². The minimum Gasteiger partial charge on any atom is -0.353 e. The van der Waals surface area contributed by atoms with Gasteiger partial charge in [0.05, 0.1) is 16.4 Å². The van der Waals surface area contributed by atoms with Gasteiger partial charge >= 0.3 is 0 Å². The molecule has 0 fully saturated rings. The van der Waals surface area contributed by atoms with Crippen molar-refractivity contribution in [1.82, 2.24) is 9.55 Å². The average molecular weight is 387 g/mol. The number of nitrogens with one attached hydrogen (secondary N) is 1. The molecule has 28 heavy (non-hydrogen) atoms. The second-order valence-corrected chi connectivity index (χ2v) is 7.32. The molecule has 1 aliphatic heterocycles. The van der Waals surface area contributed by atoms with Crippen LogP contribution in [0.1, 0.15) is 5.56 Å².